The largest absolute Gasteiger partial charge is 0.487 e. The topological polar surface area (TPSA) is 18.5 Å². The van der Waals surface area contributed by atoms with Crippen LogP contribution in [0.5, 0.6) is 5.75 Å². The van der Waals surface area contributed by atoms with E-state index >= 15 is 0 Å². The van der Waals surface area contributed by atoms with Gasteiger partial charge in [0.2, 0.25) is 0 Å². The monoisotopic (exact) mass is 352 g/mol. The molecule has 0 radical (unpaired) electrons. The number of hydrogen-bond donors (Lipinski definition) is 0. The Kier molecular flexibility index (Phi) is 4.60. The average Bonchev–Trinajstić information content (AvgIpc) is 2.78. The maximum atomic E-state index is 5.95. The molecular formula is C18H25BrO2. The Morgan fingerprint density at radius 1 is 1.33 bits per heavy atom. The average molecular weight is 353 g/mol. The number of ether oxygens (including phenoxy) is 2. The Labute approximate surface area is 136 Å². The lowest BCUT2D eigenvalue weighted by Gasteiger charge is -2.23. The second-order valence-electron chi connectivity index (χ2n) is 6.94. The second kappa shape index (κ2) is 6.29. The summed E-state index contributed by atoms with van der Waals surface area (Å²) in [7, 11) is 0. The molecule has 0 aliphatic carbocycles. The van der Waals surface area contributed by atoms with Gasteiger partial charge in [0, 0.05) is 17.9 Å². The predicted molar refractivity (Wildman–Crippen MR) is 89.3 cm³/mol. The molecule has 0 spiro atoms. The van der Waals surface area contributed by atoms with E-state index in [1.807, 2.05) is 0 Å². The highest BCUT2D eigenvalue weighted by atomic mass is 79.9. The van der Waals surface area contributed by atoms with Crippen LogP contribution in [0.4, 0.5) is 0 Å². The van der Waals surface area contributed by atoms with E-state index in [2.05, 4.69) is 48.0 Å². The summed E-state index contributed by atoms with van der Waals surface area (Å²) in [6.45, 7) is 5.25. The van der Waals surface area contributed by atoms with E-state index in [1.54, 1.807) is 0 Å². The summed E-state index contributed by atoms with van der Waals surface area (Å²) in [5, 5.41) is 0. The summed E-state index contributed by atoms with van der Waals surface area (Å²) >= 11 is 3.85. The molecule has 116 valence electrons. The van der Waals surface area contributed by atoms with Crippen LogP contribution in [0.15, 0.2) is 18.2 Å². The van der Waals surface area contributed by atoms with Gasteiger partial charge in [0.15, 0.2) is 0 Å². The first kappa shape index (κ1) is 15.4. The standard InChI is InChI=1S/C18H25BrO2/c1-18(2)12-14-11-13(6-9-17(14)21-18)16(19)8-7-15-5-3-4-10-20-15/h6,9,11,15-16H,3-5,7-8,10,12H2,1-2H3. The van der Waals surface area contributed by atoms with E-state index in [1.165, 1.54) is 30.4 Å². The molecule has 21 heavy (non-hydrogen) atoms. The molecule has 0 N–H and O–H groups in total. The van der Waals surface area contributed by atoms with Crippen molar-refractivity contribution in [2.45, 2.75) is 68.9 Å². The minimum absolute atomic E-state index is 0.0568. The zero-order valence-electron chi connectivity index (χ0n) is 13.0. The first-order valence-corrected chi connectivity index (χ1v) is 9.03. The minimum atomic E-state index is -0.0568. The van der Waals surface area contributed by atoms with Crippen molar-refractivity contribution < 1.29 is 9.47 Å². The summed E-state index contributed by atoms with van der Waals surface area (Å²) in [4.78, 5) is 0.414. The SMILES string of the molecule is CC1(C)Cc2cc(C(Br)CCC3CCCCO3)ccc2O1. The Morgan fingerprint density at radius 2 is 2.19 bits per heavy atom. The van der Waals surface area contributed by atoms with E-state index < -0.39 is 0 Å². The van der Waals surface area contributed by atoms with Crippen molar-refractivity contribution >= 4 is 15.9 Å². The highest BCUT2D eigenvalue weighted by Gasteiger charge is 2.30. The highest BCUT2D eigenvalue weighted by Crippen LogP contribution is 2.38. The molecule has 3 rings (SSSR count). The fraction of sp³-hybridized carbons (Fsp3) is 0.667. The molecule has 2 aliphatic rings. The van der Waals surface area contributed by atoms with Crippen LogP contribution < -0.4 is 4.74 Å². The first-order chi connectivity index (χ1) is 10.0. The van der Waals surface area contributed by atoms with Gasteiger partial charge in [-0.1, -0.05) is 28.1 Å². The highest BCUT2D eigenvalue weighted by molar-refractivity contribution is 9.09. The van der Waals surface area contributed by atoms with E-state index in [-0.39, 0.29) is 5.60 Å². The smallest absolute Gasteiger partial charge is 0.123 e. The van der Waals surface area contributed by atoms with Crippen molar-refractivity contribution in [2.75, 3.05) is 6.61 Å². The summed E-state index contributed by atoms with van der Waals surface area (Å²) in [6.07, 6.45) is 7.53. The van der Waals surface area contributed by atoms with Crippen molar-refractivity contribution in [2.24, 2.45) is 0 Å². The molecule has 0 aromatic heterocycles. The molecule has 1 saturated heterocycles. The molecule has 1 aromatic rings. The fourth-order valence-corrected chi connectivity index (χ4v) is 3.91. The lowest BCUT2D eigenvalue weighted by Crippen LogP contribution is -2.24. The minimum Gasteiger partial charge on any atom is -0.487 e. The zero-order chi connectivity index (χ0) is 14.9. The fourth-order valence-electron chi connectivity index (χ4n) is 3.36. The van der Waals surface area contributed by atoms with Crippen molar-refractivity contribution in [1.82, 2.24) is 0 Å². The van der Waals surface area contributed by atoms with Gasteiger partial charge in [-0.15, -0.1) is 0 Å². The quantitative estimate of drug-likeness (QED) is 0.694. The summed E-state index contributed by atoms with van der Waals surface area (Å²) in [5.41, 5.74) is 2.65. The maximum Gasteiger partial charge on any atom is 0.123 e. The van der Waals surface area contributed by atoms with Gasteiger partial charge in [-0.05, 0) is 63.1 Å². The van der Waals surface area contributed by atoms with Gasteiger partial charge in [0.25, 0.3) is 0 Å². The molecule has 1 fully saturated rings. The molecule has 2 heterocycles. The normalized spacial score (nSPS) is 25.2. The van der Waals surface area contributed by atoms with E-state index in [0.717, 1.165) is 31.6 Å². The van der Waals surface area contributed by atoms with Gasteiger partial charge in [-0.2, -0.15) is 0 Å². The van der Waals surface area contributed by atoms with Gasteiger partial charge >= 0.3 is 0 Å². The third-order valence-electron chi connectivity index (χ3n) is 4.46. The second-order valence-corrected chi connectivity index (χ2v) is 8.04. The summed E-state index contributed by atoms with van der Waals surface area (Å²) in [5.74, 6) is 1.05. The third-order valence-corrected chi connectivity index (χ3v) is 5.45. The van der Waals surface area contributed by atoms with Crippen LogP contribution in [-0.2, 0) is 11.2 Å². The summed E-state index contributed by atoms with van der Waals surface area (Å²) in [6, 6.07) is 6.64. The molecule has 1 aromatic carbocycles. The van der Waals surface area contributed by atoms with Gasteiger partial charge in [-0.3, -0.25) is 0 Å². The zero-order valence-corrected chi connectivity index (χ0v) is 14.6. The lowest BCUT2D eigenvalue weighted by molar-refractivity contribution is 0.0102. The van der Waals surface area contributed by atoms with Gasteiger partial charge < -0.3 is 9.47 Å². The number of benzene rings is 1. The molecular weight excluding hydrogens is 328 g/mol. The van der Waals surface area contributed by atoms with Gasteiger partial charge in [0.1, 0.15) is 11.4 Å². The van der Waals surface area contributed by atoms with E-state index in [9.17, 15) is 0 Å². The number of fused-ring (bicyclic) bond motifs is 1. The molecule has 2 atom stereocenters. The number of alkyl halides is 1. The molecule has 0 bridgehead atoms. The van der Waals surface area contributed by atoms with Gasteiger partial charge in [-0.25, -0.2) is 0 Å². The van der Waals surface area contributed by atoms with Crippen LogP contribution in [-0.4, -0.2) is 18.3 Å². The van der Waals surface area contributed by atoms with E-state index in [4.69, 9.17) is 9.47 Å². The van der Waals surface area contributed by atoms with E-state index in [0.29, 0.717) is 10.9 Å². The van der Waals surface area contributed by atoms with Gasteiger partial charge in [0.05, 0.1) is 6.10 Å². The van der Waals surface area contributed by atoms with Crippen molar-refractivity contribution in [3.05, 3.63) is 29.3 Å². The maximum absolute atomic E-state index is 5.95. The number of halogens is 1. The predicted octanol–water partition coefficient (Wildman–Crippen LogP) is 5.19. The number of hydrogen-bond acceptors (Lipinski definition) is 2. The van der Waals surface area contributed by atoms with Crippen LogP contribution in [0.2, 0.25) is 0 Å². The molecule has 0 amide bonds. The van der Waals surface area contributed by atoms with Crippen LogP contribution in [0.25, 0.3) is 0 Å². The number of rotatable bonds is 4. The molecule has 2 nitrogen and oxygen atoms in total. The van der Waals surface area contributed by atoms with Crippen molar-refractivity contribution in [3.63, 3.8) is 0 Å². The third kappa shape index (κ3) is 3.81. The van der Waals surface area contributed by atoms with Crippen LogP contribution in [0, 0.1) is 0 Å². The van der Waals surface area contributed by atoms with Crippen molar-refractivity contribution in [1.29, 1.82) is 0 Å². The molecule has 0 saturated carbocycles. The van der Waals surface area contributed by atoms with Crippen LogP contribution >= 0.6 is 15.9 Å². The van der Waals surface area contributed by atoms with Crippen LogP contribution in [0.3, 0.4) is 0 Å². The molecule has 2 aliphatic heterocycles. The lowest BCUT2D eigenvalue weighted by atomic mass is 9.97. The van der Waals surface area contributed by atoms with Crippen molar-refractivity contribution in [3.8, 4) is 5.75 Å². The van der Waals surface area contributed by atoms with Crippen LogP contribution in [0.1, 0.15) is 61.9 Å². The first-order valence-electron chi connectivity index (χ1n) is 8.11. The molecule has 3 heteroatoms. The Hall–Kier alpha value is -0.540. The Balaban J connectivity index is 1.59. The Bertz CT molecular complexity index is 492. The molecule has 2 unspecified atom stereocenters. The Morgan fingerprint density at radius 3 is 2.95 bits per heavy atom. The summed E-state index contributed by atoms with van der Waals surface area (Å²) < 4.78 is 11.8.